The number of rotatable bonds is 2. The lowest BCUT2D eigenvalue weighted by Crippen LogP contribution is -2.56. The number of likely N-dealkylation sites (tertiary alicyclic amines) is 1. The van der Waals surface area contributed by atoms with Gasteiger partial charge in [0.15, 0.2) is 0 Å². The first kappa shape index (κ1) is 11.7. The average molecular weight is 222 g/mol. The quantitative estimate of drug-likeness (QED) is 0.402. The number of hydrogen-bond acceptors (Lipinski definition) is 2. The van der Waals surface area contributed by atoms with Gasteiger partial charge in [0.2, 0.25) is 0 Å². The summed E-state index contributed by atoms with van der Waals surface area (Å²) in [5, 5.41) is 3.77. The molecule has 4 nitrogen and oxygen atoms in total. The van der Waals surface area contributed by atoms with E-state index in [0.29, 0.717) is 11.5 Å². The van der Waals surface area contributed by atoms with Gasteiger partial charge in [-0.1, -0.05) is 25.9 Å². The molecule has 1 aliphatic heterocycles. The van der Waals surface area contributed by atoms with E-state index in [1.807, 2.05) is 0 Å². The Balaban J connectivity index is 1.89. The fraction of sp³-hybridized carbons (Fsp3) is 1.00. The van der Waals surface area contributed by atoms with E-state index in [9.17, 15) is 0 Å². The minimum atomic E-state index is 0.227. The van der Waals surface area contributed by atoms with Crippen molar-refractivity contribution < 1.29 is 0 Å². The van der Waals surface area contributed by atoms with Gasteiger partial charge in [-0.15, -0.1) is 0 Å². The van der Waals surface area contributed by atoms with Gasteiger partial charge in [0, 0.05) is 24.0 Å². The van der Waals surface area contributed by atoms with Crippen molar-refractivity contribution in [1.29, 1.82) is 0 Å². The van der Waals surface area contributed by atoms with Crippen molar-refractivity contribution in [3.63, 3.8) is 0 Å². The minimum absolute atomic E-state index is 0.227. The van der Waals surface area contributed by atoms with Crippen molar-refractivity contribution in [2.75, 3.05) is 13.1 Å². The summed E-state index contributed by atoms with van der Waals surface area (Å²) in [5.41, 5.74) is 8.84. The van der Waals surface area contributed by atoms with E-state index in [0.717, 1.165) is 19.0 Å². The highest BCUT2D eigenvalue weighted by Crippen LogP contribution is 2.41. The van der Waals surface area contributed by atoms with Crippen molar-refractivity contribution in [2.24, 2.45) is 16.4 Å². The zero-order valence-electron chi connectivity index (χ0n) is 10.6. The van der Waals surface area contributed by atoms with E-state index < -0.39 is 0 Å². The molecule has 0 bridgehead atoms. The van der Waals surface area contributed by atoms with Gasteiger partial charge >= 0.3 is 0 Å². The van der Waals surface area contributed by atoms with Crippen LogP contribution in [0.5, 0.6) is 0 Å². The molecular formula is C12H22N4. The summed E-state index contributed by atoms with van der Waals surface area (Å²) < 4.78 is 0. The molecule has 0 unspecified atom stereocenters. The van der Waals surface area contributed by atoms with Crippen LogP contribution in [0.25, 0.3) is 10.4 Å². The third kappa shape index (κ3) is 2.50. The first-order valence-corrected chi connectivity index (χ1v) is 6.28. The summed E-state index contributed by atoms with van der Waals surface area (Å²) in [6.45, 7) is 9.05. The van der Waals surface area contributed by atoms with Crippen LogP contribution in [0.1, 0.15) is 40.0 Å². The Morgan fingerprint density at radius 1 is 1.31 bits per heavy atom. The summed E-state index contributed by atoms with van der Waals surface area (Å²) in [6, 6.07) is 0.939. The highest BCUT2D eigenvalue weighted by Gasteiger charge is 2.39. The highest BCUT2D eigenvalue weighted by molar-refractivity contribution is 4.95. The molecular weight excluding hydrogens is 200 g/mol. The molecule has 1 saturated carbocycles. The normalized spacial score (nSPS) is 35.2. The fourth-order valence-corrected chi connectivity index (χ4v) is 3.51. The van der Waals surface area contributed by atoms with Gasteiger partial charge in [-0.2, -0.15) is 0 Å². The summed E-state index contributed by atoms with van der Waals surface area (Å²) in [6.07, 6.45) is 3.95. The summed E-state index contributed by atoms with van der Waals surface area (Å²) >= 11 is 0. The molecule has 2 aliphatic rings. The fourth-order valence-electron chi connectivity index (χ4n) is 3.51. The lowest BCUT2D eigenvalue weighted by atomic mass is 9.70. The van der Waals surface area contributed by atoms with Crippen molar-refractivity contribution in [2.45, 2.75) is 52.1 Å². The predicted octanol–water partition coefficient (Wildman–Crippen LogP) is 3.20. The second-order valence-corrected chi connectivity index (χ2v) is 6.38. The van der Waals surface area contributed by atoms with Gasteiger partial charge < -0.3 is 0 Å². The molecule has 0 spiro atoms. The molecule has 90 valence electrons. The summed E-state index contributed by atoms with van der Waals surface area (Å²) in [4.78, 5) is 5.38. The number of azide groups is 1. The molecule has 0 radical (unpaired) electrons. The molecule has 0 aromatic rings. The van der Waals surface area contributed by atoms with Crippen LogP contribution in [0.4, 0.5) is 0 Å². The summed E-state index contributed by atoms with van der Waals surface area (Å²) in [7, 11) is 0. The van der Waals surface area contributed by atoms with Crippen LogP contribution in [0.3, 0.4) is 0 Å². The maximum atomic E-state index is 8.36. The Hall–Kier alpha value is -0.730. The third-order valence-corrected chi connectivity index (χ3v) is 3.99. The Kier molecular flexibility index (Phi) is 3.13. The van der Waals surface area contributed by atoms with Gasteiger partial charge in [0.1, 0.15) is 0 Å². The Morgan fingerprint density at radius 2 is 2.00 bits per heavy atom. The molecule has 0 N–H and O–H groups in total. The first-order valence-electron chi connectivity index (χ1n) is 6.28. The molecule has 0 aromatic heterocycles. The van der Waals surface area contributed by atoms with Crippen molar-refractivity contribution in [1.82, 2.24) is 4.90 Å². The molecule has 1 aliphatic carbocycles. The van der Waals surface area contributed by atoms with Crippen molar-refractivity contribution >= 4 is 0 Å². The Labute approximate surface area is 97.6 Å². The van der Waals surface area contributed by atoms with Crippen LogP contribution < -0.4 is 0 Å². The maximum Gasteiger partial charge on any atom is 0.0628 e. The van der Waals surface area contributed by atoms with Crippen molar-refractivity contribution in [3.05, 3.63) is 10.4 Å². The zero-order valence-corrected chi connectivity index (χ0v) is 10.6. The monoisotopic (exact) mass is 222 g/mol. The topological polar surface area (TPSA) is 52.0 Å². The molecule has 1 saturated heterocycles. The maximum absolute atomic E-state index is 8.36. The largest absolute Gasteiger partial charge is 0.299 e. The van der Waals surface area contributed by atoms with Crippen LogP contribution in [0.15, 0.2) is 5.11 Å². The lowest BCUT2D eigenvalue weighted by molar-refractivity contribution is 0.0191. The number of nitrogens with zero attached hydrogens (tertiary/aromatic N) is 4. The van der Waals surface area contributed by atoms with Crippen LogP contribution in [0, 0.1) is 11.3 Å². The molecule has 16 heavy (non-hydrogen) atoms. The molecule has 2 atom stereocenters. The second kappa shape index (κ2) is 4.27. The first-order chi connectivity index (χ1) is 7.50. The highest BCUT2D eigenvalue weighted by atomic mass is 15.3. The molecule has 4 heteroatoms. The van der Waals surface area contributed by atoms with E-state index in [-0.39, 0.29) is 6.04 Å². The van der Waals surface area contributed by atoms with E-state index in [1.54, 1.807) is 0 Å². The van der Waals surface area contributed by atoms with E-state index >= 15 is 0 Å². The SMILES string of the molecule is C[C@@H]1C[C@H](N2CC(N=[N+]=[N-])C2)CC(C)(C)C1. The molecule has 1 heterocycles. The third-order valence-electron chi connectivity index (χ3n) is 3.99. The van der Waals surface area contributed by atoms with E-state index in [1.165, 1.54) is 19.3 Å². The van der Waals surface area contributed by atoms with Gasteiger partial charge in [0.05, 0.1) is 6.04 Å². The van der Waals surface area contributed by atoms with Crippen LogP contribution >= 0.6 is 0 Å². The van der Waals surface area contributed by atoms with Gasteiger partial charge in [-0.25, -0.2) is 0 Å². The average Bonchev–Trinajstić information content (AvgIpc) is 2.06. The smallest absolute Gasteiger partial charge is 0.0628 e. The summed E-state index contributed by atoms with van der Waals surface area (Å²) in [5.74, 6) is 0.826. The Morgan fingerprint density at radius 3 is 2.56 bits per heavy atom. The number of hydrogen-bond donors (Lipinski definition) is 0. The van der Waals surface area contributed by atoms with Crippen LogP contribution in [-0.2, 0) is 0 Å². The van der Waals surface area contributed by atoms with Crippen LogP contribution in [-0.4, -0.2) is 30.1 Å². The van der Waals surface area contributed by atoms with Gasteiger partial charge in [0.25, 0.3) is 0 Å². The Bertz CT molecular complexity index is 300. The minimum Gasteiger partial charge on any atom is -0.299 e. The van der Waals surface area contributed by atoms with Crippen LogP contribution in [0.2, 0.25) is 0 Å². The van der Waals surface area contributed by atoms with Gasteiger partial charge in [-0.3, -0.25) is 4.90 Å². The molecule has 2 rings (SSSR count). The predicted molar refractivity (Wildman–Crippen MR) is 65.1 cm³/mol. The van der Waals surface area contributed by atoms with E-state index in [2.05, 4.69) is 35.7 Å². The lowest BCUT2D eigenvalue weighted by Gasteiger charge is -2.49. The van der Waals surface area contributed by atoms with E-state index in [4.69, 9.17) is 5.53 Å². The molecule has 2 fully saturated rings. The van der Waals surface area contributed by atoms with Crippen molar-refractivity contribution in [3.8, 4) is 0 Å². The molecule has 0 aromatic carbocycles. The molecule has 0 amide bonds. The van der Waals surface area contributed by atoms with Gasteiger partial charge in [-0.05, 0) is 36.1 Å². The standard InChI is InChI=1S/C12H22N4/c1-9-4-11(6-12(2,3)5-9)16-7-10(8-16)14-15-13/h9-11H,4-8H2,1-3H3/t9-,11+/m1/s1. The zero-order chi connectivity index (χ0) is 11.8. The second-order valence-electron chi connectivity index (χ2n) is 6.38.